The number of urea groups is 1. The molecule has 0 saturated carbocycles. The molecule has 0 radical (unpaired) electrons. The number of rotatable bonds is 2. The lowest BCUT2D eigenvalue weighted by Crippen LogP contribution is -2.28. The van der Waals surface area contributed by atoms with Gasteiger partial charge in [-0.05, 0) is 31.0 Å². The third-order valence-corrected chi connectivity index (χ3v) is 3.47. The molecule has 1 N–H and O–H groups in total. The first-order valence-corrected chi connectivity index (χ1v) is 6.25. The number of carbonyl (C=O) groups excluding carboxylic acids is 1. The number of carbonyl (C=O) groups is 1. The fourth-order valence-electron chi connectivity index (χ4n) is 2.55. The zero-order chi connectivity index (χ0) is 11.7. The van der Waals surface area contributed by atoms with Crippen LogP contribution in [0.25, 0.3) is 0 Å². The Morgan fingerprint density at radius 3 is 2.53 bits per heavy atom. The van der Waals surface area contributed by atoms with Gasteiger partial charge in [-0.3, -0.25) is 4.90 Å². The van der Waals surface area contributed by atoms with Crippen LogP contribution in [0.1, 0.15) is 12.8 Å². The molecule has 4 nitrogen and oxygen atoms in total. The third-order valence-electron chi connectivity index (χ3n) is 3.47. The maximum absolute atomic E-state index is 11.6. The first-order valence-electron chi connectivity index (χ1n) is 6.25. The molecular weight excluding hydrogens is 214 g/mol. The van der Waals surface area contributed by atoms with Gasteiger partial charge < -0.3 is 10.2 Å². The van der Waals surface area contributed by atoms with Gasteiger partial charge in [-0.2, -0.15) is 0 Å². The van der Waals surface area contributed by atoms with Crippen LogP contribution in [-0.4, -0.2) is 32.2 Å². The first kappa shape index (κ1) is 10.4. The molecule has 2 saturated heterocycles. The average molecular weight is 231 g/mol. The lowest BCUT2D eigenvalue weighted by Gasteiger charge is -2.21. The summed E-state index contributed by atoms with van der Waals surface area (Å²) in [6.45, 7) is 3.78. The van der Waals surface area contributed by atoms with E-state index in [0.29, 0.717) is 0 Å². The minimum absolute atomic E-state index is 0.0172. The molecule has 1 aromatic carbocycles. The number of nitrogens with one attached hydrogen (secondary N) is 1. The Hall–Kier alpha value is -1.71. The van der Waals surface area contributed by atoms with Crippen molar-refractivity contribution in [1.29, 1.82) is 0 Å². The van der Waals surface area contributed by atoms with Gasteiger partial charge in [0.05, 0.1) is 0 Å². The molecular formula is C13H17N3O. The van der Waals surface area contributed by atoms with E-state index in [0.717, 1.165) is 31.9 Å². The number of hydrogen-bond acceptors (Lipinski definition) is 2. The summed E-state index contributed by atoms with van der Waals surface area (Å²) in [6.07, 6.45) is 2.54. The second-order valence-electron chi connectivity index (χ2n) is 4.60. The number of nitrogens with zero attached hydrogens (tertiary/aromatic N) is 2. The molecule has 2 aliphatic rings. The van der Waals surface area contributed by atoms with E-state index < -0.39 is 0 Å². The van der Waals surface area contributed by atoms with Gasteiger partial charge in [0.1, 0.15) is 0 Å². The summed E-state index contributed by atoms with van der Waals surface area (Å²) in [5.74, 6) is 0. The molecule has 0 aromatic heterocycles. The minimum atomic E-state index is 0.0172. The van der Waals surface area contributed by atoms with Crippen molar-refractivity contribution >= 4 is 17.4 Å². The molecule has 4 heteroatoms. The highest BCUT2D eigenvalue weighted by Gasteiger charge is 2.22. The van der Waals surface area contributed by atoms with Gasteiger partial charge in [0.25, 0.3) is 0 Å². The molecule has 0 bridgehead atoms. The van der Waals surface area contributed by atoms with E-state index in [-0.39, 0.29) is 6.03 Å². The van der Waals surface area contributed by atoms with E-state index in [4.69, 9.17) is 0 Å². The van der Waals surface area contributed by atoms with Crippen molar-refractivity contribution < 1.29 is 4.79 Å². The smallest absolute Gasteiger partial charge is 0.321 e. The Bertz CT molecular complexity index is 426. The zero-order valence-electron chi connectivity index (χ0n) is 9.85. The van der Waals surface area contributed by atoms with Crippen LogP contribution in [-0.2, 0) is 0 Å². The summed E-state index contributed by atoms with van der Waals surface area (Å²) >= 11 is 0. The van der Waals surface area contributed by atoms with Gasteiger partial charge in [-0.1, -0.05) is 6.07 Å². The Morgan fingerprint density at radius 1 is 1.06 bits per heavy atom. The van der Waals surface area contributed by atoms with Crippen LogP contribution < -0.4 is 15.1 Å². The van der Waals surface area contributed by atoms with Crippen LogP contribution in [0.5, 0.6) is 0 Å². The van der Waals surface area contributed by atoms with E-state index in [2.05, 4.69) is 22.3 Å². The third kappa shape index (κ3) is 1.95. The SMILES string of the molecule is O=C1NCCN1c1cccc(N2CCCC2)c1. The number of amides is 2. The maximum Gasteiger partial charge on any atom is 0.321 e. The predicted molar refractivity (Wildman–Crippen MR) is 68.6 cm³/mol. The van der Waals surface area contributed by atoms with Crippen LogP contribution in [0, 0.1) is 0 Å². The fourth-order valence-corrected chi connectivity index (χ4v) is 2.55. The van der Waals surface area contributed by atoms with E-state index in [1.165, 1.54) is 18.5 Å². The number of anilines is 2. The maximum atomic E-state index is 11.6. The monoisotopic (exact) mass is 231 g/mol. The van der Waals surface area contributed by atoms with Crippen LogP contribution in [0.3, 0.4) is 0 Å². The van der Waals surface area contributed by atoms with E-state index >= 15 is 0 Å². The molecule has 0 aliphatic carbocycles. The van der Waals surface area contributed by atoms with Gasteiger partial charge >= 0.3 is 6.03 Å². The highest BCUT2D eigenvalue weighted by Crippen LogP contribution is 2.26. The Labute approximate surface area is 101 Å². The highest BCUT2D eigenvalue weighted by molar-refractivity contribution is 5.94. The molecule has 0 unspecified atom stereocenters. The largest absolute Gasteiger partial charge is 0.371 e. The van der Waals surface area contributed by atoms with Gasteiger partial charge in [-0.15, -0.1) is 0 Å². The molecule has 2 aliphatic heterocycles. The second kappa shape index (κ2) is 4.28. The van der Waals surface area contributed by atoms with E-state index in [9.17, 15) is 4.79 Å². The molecule has 3 rings (SSSR count). The molecule has 2 heterocycles. The standard InChI is InChI=1S/C13H17N3O/c17-13-14-6-9-16(13)12-5-3-4-11(10-12)15-7-1-2-8-15/h3-5,10H,1-2,6-9H2,(H,14,17). The molecule has 1 aromatic rings. The van der Waals surface area contributed by atoms with Gasteiger partial charge in [0, 0.05) is 37.6 Å². The lowest BCUT2D eigenvalue weighted by molar-refractivity contribution is 0.252. The fraction of sp³-hybridized carbons (Fsp3) is 0.462. The van der Waals surface area contributed by atoms with Gasteiger partial charge in [0.2, 0.25) is 0 Å². The lowest BCUT2D eigenvalue weighted by atomic mass is 10.2. The number of benzene rings is 1. The topological polar surface area (TPSA) is 35.6 Å². The molecule has 0 atom stereocenters. The van der Waals surface area contributed by atoms with Crippen molar-refractivity contribution in [3.05, 3.63) is 24.3 Å². The molecule has 2 amide bonds. The predicted octanol–water partition coefficient (Wildman–Crippen LogP) is 1.82. The van der Waals surface area contributed by atoms with E-state index in [1.54, 1.807) is 4.90 Å². The van der Waals surface area contributed by atoms with Crippen LogP contribution in [0.2, 0.25) is 0 Å². The Morgan fingerprint density at radius 2 is 1.82 bits per heavy atom. The normalized spacial score (nSPS) is 19.9. The zero-order valence-corrected chi connectivity index (χ0v) is 9.85. The summed E-state index contributed by atoms with van der Waals surface area (Å²) in [5, 5.41) is 2.83. The van der Waals surface area contributed by atoms with Gasteiger partial charge in [-0.25, -0.2) is 4.79 Å². The summed E-state index contributed by atoms with van der Waals surface area (Å²) in [7, 11) is 0. The van der Waals surface area contributed by atoms with Crippen LogP contribution in [0.4, 0.5) is 16.2 Å². The Balaban J connectivity index is 1.85. The van der Waals surface area contributed by atoms with Crippen molar-refractivity contribution in [3.63, 3.8) is 0 Å². The first-order chi connectivity index (χ1) is 8.34. The number of hydrogen-bond donors (Lipinski definition) is 1. The molecule has 0 spiro atoms. The second-order valence-corrected chi connectivity index (χ2v) is 4.60. The summed E-state index contributed by atoms with van der Waals surface area (Å²) in [5.41, 5.74) is 2.24. The molecule has 2 fully saturated rings. The van der Waals surface area contributed by atoms with Crippen molar-refractivity contribution in [2.75, 3.05) is 36.0 Å². The average Bonchev–Trinajstić information content (AvgIpc) is 2.99. The van der Waals surface area contributed by atoms with Gasteiger partial charge in [0.15, 0.2) is 0 Å². The quantitative estimate of drug-likeness (QED) is 0.842. The Kier molecular flexibility index (Phi) is 2.63. The van der Waals surface area contributed by atoms with Crippen LogP contribution in [0.15, 0.2) is 24.3 Å². The van der Waals surface area contributed by atoms with Crippen LogP contribution >= 0.6 is 0 Å². The van der Waals surface area contributed by atoms with Crippen molar-refractivity contribution in [2.24, 2.45) is 0 Å². The summed E-state index contributed by atoms with van der Waals surface area (Å²) in [4.78, 5) is 15.8. The highest BCUT2D eigenvalue weighted by atomic mass is 16.2. The van der Waals surface area contributed by atoms with E-state index in [1.807, 2.05) is 12.1 Å². The molecule has 17 heavy (non-hydrogen) atoms. The van der Waals surface area contributed by atoms with Crippen molar-refractivity contribution in [3.8, 4) is 0 Å². The molecule has 90 valence electrons. The summed E-state index contributed by atoms with van der Waals surface area (Å²) in [6, 6.07) is 8.31. The van der Waals surface area contributed by atoms with Crippen molar-refractivity contribution in [2.45, 2.75) is 12.8 Å². The summed E-state index contributed by atoms with van der Waals surface area (Å²) < 4.78 is 0. The van der Waals surface area contributed by atoms with Crippen molar-refractivity contribution in [1.82, 2.24) is 5.32 Å². The minimum Gasteiger partial charge on any atom is -0.371 e.